The highest BCUT2D eigenvalue weighted by Crippen LogP contribution is 2.33. The molecule has 2 rings (SSSR count). The third-order valence-electron chi connectivity index (χ3n) is 2.73. The Balaban J connectivity index is 2.52. The molecule has 0 radical (unpaired) electrons. The second kappa shape index (κ2) is 5.77. The van der Waals surface area contributed by atoms with Crippen molar-refractivity contribution < 1.29 is 22.4 Å². The Bertz CT molecular complexity index is 713. The zero-order valence-electron chi connectivity index (χ0n) is 10.1. The number of hydrogen-bond donors (Lipinski definition) is 0. The number of ketones is 1. The van der Waals surface area contributed by atoms with Crippen molar-refractivity contribution in [2.45, 2.75) is 6.18 Å². The zero-order valence-corrected chi connectivity index (χ0v) is 12.5. The van der Waals surface area contributed by atoms with Gasteiger partial charge in [0.25, 0.3) is 0 Å². The lowest BCUT2D eigenvalue weighted by Gasteiger charge is -2.10. The Morgan fingerprint density at radius 1 is 1.14 bits per heavy atom. The zero-order chi connectivity index (χ0) is 15.8. The van der Waals surface area contributed by atoms with E-state index in [2.05, 4.69) is 15.9 Å². The van der Waals surface area contributed by atoms with Gasteiger partial charge in [0.05, 0.1) is 10.6 Å². The molecule has 0 aliphatic rings. The van der Waals surface area contributed by atoms with E-state index in [1.807, 2.05) is 0 Å². The van der Waals surface area contributed by atoms with Crippen molar-refractivity contribution in [1.82, 2.24) is 0 Å². The second-order valence-electron chi connectivity index (χ2n) is 4.12. The number of hydrogen-bond acceptors (Lipinski definition) is 1. The van der Waals surface area contributed by atoms with Gasteiger partial charge in [0.15, 0.2) is 5.78 Å². The van der Waals surface area contributed by atoms with Crippen molar-refractivity contribution in [1.29, 1.82) is 0 Å². The van der Waals surface area contributed by atoms with Crippen LogP contribution in [0.1, 0.15) is 21.5 Å². The summed E-state index contributed by atoms with van der Waals surface area (Å²) in [6.07, 6.45) is -4.87. The Morgan fingerprint density at radius 2 is 1.81 bits per heavy atom. The minimum absolute atomic E-state index is 0.0331. The average molecular weight is 382 g/mol. The van der Waals surface area contributed by atoms with Crippen molar-refractivity contribution in [2.24, 2.45) is 0 Å². The summed E-state index contributed by atoms with van der Waals surface area (Å²) in [6.45, 7) is 0. The SMILES string of the molecule is O=C(c1ccc(F)c(C(F)(F)F)c1)c1cccc(Br)c1Cl. The van der Waals surface area contributed by atoms with Crippen molar-refractivity contribution >= 4 is 33.3 Å². The average Bonchev–Trinajstić information content (AvgIpc) is 2.40. The van der Waals surface area contributed by atoms with Crippen molar-refractivity contribution in [3.05, 3.63) is 68.4 Å². The molecule has 0 spiro atoms. The summed E-state index contributed by atoms with van der Waals surface area (Å²) in [5, 5.41) is 0.0837. The van der Waals surface area contributed by atoms with E-state index in [-0.39, 0.29) is 16.1 Å². The van der Waals surface area contributed by atoms with Crippen LogP contribution in [0.15, 0.2) is 40.9 Å². The first-order valence-corrected chi connectivity index (χ1v) is 6.74. The fraction of sp³-hybridized carbons (Fsp3) is 0.0714. The molecule has 0 saturated heterocycles. The highest BCUT2D eigenvalue weighted by Gasteiger charge is 2.34. The summed E-state index contributed by atoms with van der Waals surface area (Å²) in [5.74, 6) is -2.15. The molecule has 0 unspecified atom stereocenters. The Kier molecular flexibility index (Phi) is 4.39. The quantitative estimate of drug-likeness (QED) is 0.496. The predicted molar refractivity (Wildman–Crippen MR) is 74.0 cm³/mol. The van der Waals surface area contributed by atoms with Crippen LogP contribution < -0.4 is 0 Å². The number of rotatable bonds is 2. The first-order chi connectivity index (χ1) is 9.71. The molecule has 2 aromatic rings. The van der Waals surface area contributed by atoms with Gasteiger partial charge in [0.1, 0.15) is 5.82 Å². The van der Waals surface area contributed by atoms with Gasteiger partial charge in [-0.2, -0.15) is 13.2 Å². The maximum atomic E-state index is 13.2. The molecule has 0 aliphatic heterocycles. The fourth-order valence-corrected chi connectivity index (χ4v) is 2.30. The molecule has 0 amide bonds. The lowest BCUT2D eigenvalue weighted by Crippen LogP contribution is -2.11. The molecular weight excluding hydrogens is 376 g/mol. The van der Waals surface area contributed by atoms with Gasteiger partial charge in [0.2, 0.25) is 0 Å². The first kappa shape index (κ1) is 16.0. The molecule has 110 valence electrons. The standard InChI is InChI=1S/C14H6BrClF4O/c15-10-3-1-2-8(12(10)16)13(21)7-4-5-11(17)9(6-7)14(18,19)20/h1-6H. The van der Waals surface area contributed by atoms with Crippen LogP contribution in [0, 0.1) is 5.82 Å². The molecule has 7 heteroatoms. The van der Waals surface area contributed by atoms with Crippen molar-refractivity contribution in [3.63, 3.8) is 0 Å². The predicted octanol–water partition coefficient (Wildman–Crippen LogP) is 5.49. The second-order valence-corrected chi connectivity index (χ2v) is 5.36. The summed E-state index contributed by atoms with van der Waals surface area (Å²) in [7, 11) is 0. The number of alkyl halides is 3. The van der Waals surface area contributed by atoms with E-state index in [9.17, 15) is 22.4 Å². The summed E-state index contributed by atoms with van der Waals surface area (Å²) < 4.78 is 51.6. The van der Waals surface area contributed by atoms with Gasteiger partial charge in [0, 0.05) is 15.6 Å². The molecule has 0 fully saturated rings. The molecule has 1 nitrogen and oxygen atoms in total. The monoisotopic (exact) mass is 380 g/mol. The molecule has 0 aliphatic carbocycles. The Hall–Kier alpha value is -1.40. The van der Waals surface area contributed by atoms with E-state index in [1.165, 1.54) is 12.1 Å². The van der Waals surface area contributed by atoms with Gasteiger partial charge in [-0.1, -0.05) is 17.7 Å². The molecule has 0 atom stereocenters. The van der Waals surface area contributed by atoms with Crippen LogP contribution in [-0.4, -0.2) is 5.78 Å². The maximum Gasteiger partial charge on any atom is 0.419 e. The van der Waals surface area contributed by atoms with E-state index in [1.54, 1.807) is 6.07 Å². The largest absolute Gasteiger partial charge is 0.419 e. The molecule has 0 aromatic heterocycles. The molecule has 21 heavy (non-hydrogen) atoms. The van der Waals surface area contributed by atoms with Crippen LogP contribution in [0.25, 0.3) is 0 Å². The maximum absolute atomic E-state index is 13.2. The van der Waals surface area contributed by atoms with Gasteiger partial charge in [-0.05, 0) is 46.3 Å². The number of halogens is 6. The third-order valence-corrected chi connectivity index (χ3v) is 4.03. The van der Waals surface area contributed by atoms with Gasteiger partial charge in [-0.15, -0.1) is 0 Å². The molecular formula is C14H6BrClF4O. The van der Waals surface area contributed by atoms with Crippen LogP contribution in [0.5, 0.6) is 0 Å². The van der Waals surface area contributed by atoms with Crippen molar-refractivity contribution in [3.8, 4) is 0 Å². The van der Waals surface area contributed by atoms with Crippen LogP contribution in [0.3, 0.4) is 0 Å². The lowest BCUT2D eigenvalue weighted by atomic mass is 10.0. The molecule has 2 aromatic carbocycles. The highest BCUT2D eigenvalue weighted by atomic mass is 79.9. The summed E-state index contributed by atoms with van der Waals surface area (Å²) >= 11 is 9.06. The van der Waals surface area contributed by atoms with Crippen molar-refractivity contribution in [2.75, 3.05) is 0 Å². The molecule has 0 bridgehead atoms. The Morgan fingerprint density at radius 3 is 2.43 bits per heavy atom. The molecule has 0 N–H and O–H groups in total. The topological polar surface area (TPSA) is 17.1 Å². The molecule has 0 saturated carbocycles. The van der Waals surface area contributed by atoms with E-state index in [0.29, 0.717) is 16.6 Å². The van der Waals surface area contributed by atoms with Gasteiger partial charge in [-0.25, -0.2) is 4.39 Å². The summed E-state index contributed by atoms with van der Waals surface area (Å²) in [5.41, 5.74) is -1.74. The molecule has 0 heterocycles. The van der Waals surface area contributed by atoms with E-state index >= 15 is 0 Å². The van der Waals surface area contributed by atoms with Gasteiger partial charge >= 0.3 is 6.18 Å². The van der Waals surface area contributed by atoms with Crippen LogP contribution in [-0.2, 0) is 6.18 Å². The van der Waals surface area contributed by atoms with E-state index < -0.39 is 23.3 Å². The first-order valence-electron chi connectivity index (χ1n) is 5.57. The third kappa shape index (κ3) is 3.27. The van der Waals surface area contributed by atoms with Crippen LogP contribution >= 0.6 is 27.5 Å². The summed E-state index contributed by atoms with van der Waals surface area (Å²) in [6, 6.07) is 6.58. The summed E-state index contributed by atoms with van der Waals surface area (Å²) in [4.78, 5) is 12.2. The van der Waals surface area contributed by atoms with Crippen LogP contribution in [0.2, 0.25) is 5.02 Å². The van der Waals surface area contributed by atoms with E-state index in [0.717, 1.165) is 6.07 Å². The van der Waals surface area contributed by atoms with Crippen LogP contribution in [0.4, 0.5) is 17.6 Å². The normalized spacial score (nSPS) is 11.5. The minimum atomic E-state index is -4.87. The van der Waals surface area contributed by atoms with E-state index in [4.69, 9.17) is 11.6 Å². The highest BCUT2D eigenvalue weighted by molar-refractivity contribution is 9.10. The number of carbonyl (C=O) groups is 1. The smallest absolute Gasteiger partial charge is 0.289 e. The number of carbonyl (C=O) groups excluding carboxylic acids is 1. The lowest BCUT2D eigenvalue weighted by molar-refractivity contribution is -0.140. The number of benzene rings is 2. The fourth-order valence-electron chi connectivity index (χ4n) is 1.72. The van der Waals surface area contributed by atoms with Gasteiger partial charge in [-0.3, -0.25) is 4.79 Å². The Labute approximate surface area is 130 Å². The van der Waals surface area contributed by atoms with Gasteiger partial charge < -0.3 is 0 Å². The minimum Gasteiger partial charge on any atom is -0.289 e.